The van der Waals surface area contributed by atoms with Gasteiger partial charge in [-0.3, -0.25) is 9.59 Å². The number of hydrogen-bond acceptors (Lipinski definition) is 12. The lowest BCUT2D eigenvalue weighted by atomic mass is 9.91. The monoisotopic (exact) mass is 768 g/mol. The Balaban J connectivity index is 2.44. The molecule has 0 unspecified atom stereocenters. The minimum absolute atomic E-state index is 0.0512. The highest BCUT2D eigenvalue weighted by atomic mass is 19.1. The minimum Gasteiger partial charge on any atom is -0.492 e. The molecule has 0 aliphatic rings. The summed E-state index contributed by atoms with van der Waals surface area (Å²) in [6.45, 7) is 12.5. The molecule has 0 bridgehead atoms. The smallest absolute Gasteiger partial charge is 0.374 e. The van der Waals surface area contributed by atoms with E-state index in [-0.39, 0.29) is 23.5 Å². The van der Waals surface area contributed by atoms with Gasteiger partial charge in [0.2, 0.25) is 11.6 Å². The zero-order valence-electron chi connectivity index (χ0n) is 32.6. The van der Waals surface area contributed by atoms with Crippen molar-refractivity contribution in [3.8, 4) is 22.6 Å². The van der Waals surface area contributed by atoms with Crippen LogP contribution in [0.25, 0.3) is 11.1 Å². The molecular formula is C42H53FO12. The molecule has 0 saturated heterocycles. The van der Waals surface area contributed by atoms with E-state index in [4.69, 9.17) is 28.4 Å². The van der Waals surface area contributed by atoms with E-state index >= 15 is 4.39 Å². The van der Waals surface area contributed by atoms with Gasteiger partial charge in [-0.25, -0.2) is 23.6 Å². The molecule has 55 heavy (non-hydrogen) atoms. The van der Waals surface area contributed by atoms with Crippen LogP contribution in [0.2, 0.25) is 0 Å². The maximum absolute atomic E-state index is 15.2. The van der Waals surface area contributed by atoms with Crippen molar-refractivity contribution in [3.63, 3.8) is 0 Å². The van der Waals surface area contributed by atoms with Crippen molar-refractivity contribution >= 4 is 35.4 Å². The number of halogens is 1. The first kappa shape index (κ1) is 45.8. The molecule has 0 amide bonds. The van der Waals surface area contributed by atoms with Gasteiger partial charge in [-0.2, -0.15) is 0 Å². The molecule has 12 nitrogen and oxygen atoms in total. The summed E-state index contributed by atoms with van der Waals surface area (Å²) in [5.41, 5.74) is 0.474. The predicted molar refractivity (Wildman–Crippen MR) is 202 cm³/mol. The van der Waals surface area contributed by atoms with Crippen molar-refractivity contribution in [2.75, 3.05) is 39.6 Å². The van der Waals surface area contributed by atoms with Gasteiger partial charge in [0.1, 0.15) is 37.6 Å². The fourth-order valence-electron chi connectivity index (χ4n) is 4.97. The molecule has 0 atom stereocenters. The molecule has 300 valence electrons. The van der Waals surface area contributed by atoms with Crippen LogP contribution in [-0.2, 0) is 54.1 Å². The average Bonchev–Trinajstić information content (AvgIpc) is 3.15. The Bertz CT molecular complexity index is 1620. The van der Waals surface area contributed by atoms with Crippen LogP contribution >= 0.6 is 0 Å². The Hall–Kier alpha value is -5.33. The van der Waals surface area contributed by atoms with Crippen molar-refractivity contribution in [1.29, 1.82) is 0 Å². The summed E-state index contributed by atoms with van der Waals surface area (Å²) in [5, 5.41) is 0. The third-order valence-corrected chi connectivity index (χ3v) is 8.24. The van der Waals surface area contributed by atoms with E-state index in [9.17, 15) is 28.8 Å². The first-order valence-corrected chi connectivity index (χ1v) is 18.3. The number of rotatable bonds is 26. The fraction of sp³-hybridized carbons (Fsp3) is 0.476. The molecule has 0 N–H and O–H groups in total. The van der Waals surface area contributed by atoms with Crippen LogP contribution in [0.5, 0.6) is 11.5 Å². The number of hydrogen-bond donors (Lipinski definition) is 0. The van der Waals surface area contributed by atoms with Crippen LogP contribution in [0.4, 0.5) is 4.39 Å². The molecule has 2 aromatic rings. The second-order valence-corrected chi connectivity index (χ2v) is 13.5. The summed E-state index contributed by atoms with van der Waals surface area (Å²) < 4.78 is 48.1. The van der Waals surface area contributed by atoms with Crippen LogP contribution in [-0.4, -0.2) is 75.1 Å². The lowest BCUT2D eigenvalue weighted by Gasteiger charge is -2.32. The lowest BCUT2D eigenvalue weighted by molar-refractivity contribution is -0.168. The van der Waals surface area contributed by atoms with Gasteiger partial charge < -0.3 is 28.4 Å². The standard InChI is InChI=1S/C42H53FO12/c1-8-9-10-11-12-13-20-50-37-19-17-33(23-35(37)43)32-16-18-36(34(22-32)15-14-21-51-38(46)28(2)3)52-24-42(25-53-39(47)29(4)5,26-54-40(48)30(6)44)27-55-41(49)31(7)45/h16-19,22-23H,2,4,8-15,20-21,24-27H2,1,3,5-7H3. The highest BCUT2D eigenvalue weighted by Gasteiger charge is 2.38. The Kier molecular flexibility index (Phi) is 19.5. The van der Waals surface area contributed by atoms with Crippen molar-refractivity contribution in [2.45, 2.75) is 86.0 Å². The van der Waals surface area contributed by atoms with Crippen LogP contribution in [0.15, 0.2) is 60.7 Å². The van der Waals surface area contributed by atoms with E-state index in [0.717, 1.165) is 39.5 Å². The van der Waals surface area contributed by atoms with Crippen LogP contribution in [0.1, 0.15) is 85.1 Å². The van der Waals surface area contributed by atoms with E-state index < -0.39 is 73.1 Å². The van der Waals surface area contributed by atoms with Gasteiger partial charge >= 0.3 is 23.9 Å². The molecule has 2 rings (SSSR count). The number of ether oxygens (including phenoxy) is 6. The summed E-state index contributed by atoms with van der Waals surface area (Å²) in [7, 11) is 0. The van der Waals surface area contributed by atoms with E-state index in [1.54, 1.807) is 30.3 Å². The summed E-state index contributed by atoms with van der Waals surface area (Å²) in [6.07, 6.45) is 7.14. The molecule has 2 aromatic carbocycles. The van der Waals surface area contributed by atoms with Crippen molar-refractivity contribution < 1.29 is 61.6 Å². The van der Waals surface area contributed by atoms with Crippen molar-refractivity contribution in [2.24, 2.45) is 5.41 Å². The Labute approximate surface area is 322 Å². The number of Topliss-reactive ketones (excluding diaryl/α,β-unsaturated/α-hetero) is 2. The van der Waals surface area contributed by atoms with Gasteiger partial charge in [0, 0.05) is 25.0 Å². The highest BCUT2D eigenvalue weighted by molar-refractivity contribution is 6.32. The van der Waals surface area contributed by atoms with E-state index in [0.29, 0.717) is 41.9 Å². The number of aryl methyl sites for hydroxylation is 1. The highest BCUT2D eigenvalue weighted by Crippen LogP contribution is 2.32. The molecule has 0 radical (unpaired) electrons. The summed E-state index contributed by atoms with van der Waals surface area (Å²) >= 11 is 0. The van der Waals surface area contributed by atoms with Crippen molar-refractivity contribution in [1.82, 2.24) is 0 Å². The number of unbranched alkanes of at least 4 members (excludes halogenated alkanes) is 5. The zero-order chi connectivity index (χ0) is 41.0. The van der Waals surface area contributed by atoms with E-state index in [1.165, 1.54) is 32.8 Å². The molecule has 13 heteroatoms. The first-order chi connectivity index (χ1) is 26.1. The third-order valence-electron chi connectivity index (χ3n) is 8.24. The predicted octanol–water partition coefficient (Wildman–Crippen LogP) is 7.03. The molecule has 0 spiro atoms. The summed E-state index contributed by atoms with van der Waals surface area (Å²) in [4.78, 5) is 72.2. The molecule has 0 aliphatic heterocycles. The minimum atomic E-state index is -1.61. The number of benzene rings is 2. The van der Waals surface area contributed by atoms with Crippen molar-refractivity contribution in [3.05, 3.63) is 72.1 Å². The molecule has 0 saturated carbocycles. The zero-order valence-corrected chi connectivity index (χ0v) is 32.6. The first-order valence-electron chi connectivity index (χ1n) is 18.3. The average molecular weight is 769 g/mol. The maximum Gasteiger partial charge on any atom is 0.374 e. The SMILES string of the molecule is C=C(C)C(=O)OCCCc1cc(-c2ccc(OCCCCCCCC)c(F)c2)ccc1OCC(COC(=O)C(=C)C)(COC(=O)C(C)=O)COC(=O)C(C)=O. The van der Waals surface area contributed by atoms with Gasteiger partial charge in [-0.05, 0) is 74.1 Å². The number of esters is 4. The number of carbonyl (C=O) groups is 6. The quantitative estimate of drug-likeness (QED) is 0.0317. The molecule has 0 aliphatic carbocycles. The van der Waals surface area contributed by atoms with Crippen LogP contribution < -0.4 is 9.47 Å². The fourth-order valence-corrected chi connectivity index (χ4v) is 4.97. The third kappa shape index (κ3) is 16.3. The second kappa shape index (κ2) is 23.5. The van der Waals surface area contributed by atoms with Gasteiger partial charge in [-0.1, -0.05) is 64.3 Å². The van der Waals surface area contributed by atoms with E-state index in [2.05, 4.69) is 20.1 Å². The molecule has 0 fully saturated rings. The normalized spacial score (nSPS) is 10.9. The van der Waals surface area contributed by atoms with Crippen LogP contribution in [0.3, 0.4) is 0 Å². The van der Waals surface area contributed by atoms with Crippen LogP contribution in [0, 0.1) is 11.2 Å². The lowest BCUT2D eigenvalue weighted by Crippen LogP contribution is -2.45. The molecule has 0 heterocycles. The Morgan fingerprint density at radius 1 is 0.582 bits per heavy atom. The van der Waals surface area contributed by atoms with Gasteiger partial charge in [-0.15, -0.1) is 0 Å². The summed E-state index contributed by atoms with van der Waals surface area (Å²) in [6, 6.07) is 9.78. The number of ketones is 2. The van der Waals surface area contributed by atoms with E-state index in [1.807, 2.05) is 0 Å². The van der Waals surface area contributed by atoms with Gasteiger partial charge in [0.15, 0.2) is 11.6 Å². The molecule has 0 aromatic heterocycles. The maximum atomic E-state index is 15.2. The second-order valence-electron chi connectivity index (χ2n) is 13.5. The molecular weight excluding hydrogens is 715 g/mol. The Morgan fingerprint density at radius 3 is 1.64 bits per heavy atom. The van der Waals surface area contributed by atoms with Gasteiger partial charge in [0.05, 0.1) is 13.2 Å². The number of carbonyl (C=O) groups excluding carboxylic acids is 6. The summed E-state index contributed by atoms with van der Waals surface area (Å²) in [5.74, 6) is -5.65. The Morgan fingerprint density at radius 2 is 1.09 bits per heavy atom. The van der Waals surface area contributed by atoms with Gasteiger partial charge in [0.25, 0.3) is 0 Å². The largest absolute Gasteiger partial charge is 0.492 e. The topological polar surface area (TPSA) is 158 Å².